The van der Waals surface area contributed by atoms with Crippen molar-refractivity contribution in [2.75, 3.05) is 53.1 Å². The van der Waals surface area contributed by atoms with Crippen molar-refractivity contribution in [2.45, 2.75) is 32.0 Å². The highest BCUT2D eigenvalue weighted by atomic mass is 16.5. The summed E-state index contributed by atoms with van der Waals surface area (Å²) in [5, 5.41) is 3.34. The van der Waals surface area contributed by atoms with E-state index in [1.54, 1.807) is 0 Å². The van der Waals surface area contributed by atoms with Crippen LogP contribution in [0.15, 0.2) is 4.99 Å². The van der Waals surface area contributed by atoms with Gasteiger partial charge >= 0.3 is 0 Å². The number of ether oxygens (including phenoxy) is 3. The first-order valence-electron chi connectivity index (χ1n) is 7.61. The van der Waals surface area contributed by atoms with E-state index < -0.39 is 0 Å². The van der Waals surface area contributed by atoms with Gasteiger partial charge in [-0.05, 0) is 19.8 Å². The summed E-state index contributed by atoms with van der Waals surface area (Å²) in [5.41, 5.74) is 0. The lowest BCUT2D eigenvalue weighted by Gasteiger charge is -2.37. The fourth-order valence-corrected chi connectivity index (χ4v) is 2.70. The highest BCUT2D eigenvalue weighted by molar-refractivity contribution is 5.80. The first kappa shape index (κ1) is 15.5. The predicted molar refractivity (Wildman–Crippen MR) is 78.1 cm³/mol. The Morgan fingerprint density at radius 1 is 1.35 bits per heavy atom. The van der Waals surface area contributed by atoms with E-state index in [-0.39, 0.29) is 12.2 Å². The van der Waals surface area contributed by atoms with E-state index >= 15 is 0 Å². The van der Waals surface area contributed by atoms with Gasteiger partial charge in [0.15, 0.2) is 5.96 Å². The molecule has 0 aromatic carbocycles. The maximum Gasteiger partial charge on any atom is 0.193 e. The van der Waals surface area contributed by atoms with Gasteiger partial charge in [0.1, 0.15) is 6.10 Å². The molecular weight excluding hydrogens is 258 g/mol. The lowest BCUT2D eigenvalue weighted by atomic mass is 10.1. The normalized spacial score (nSPS) is 27.9. The molecule has 0 aliphatic carbocycles. The first-order valence-corrected chi connectivity index (χ1v) is 7.61. The van der Waals surface area contributed by atoms with E-state index in [1.807, 2.05) is 14.0 Å². The lowest BCUT2D eigenvalue weighted by Crippen LogP contribution is -2.53. The molecule has 2 atom stereocenters. The van der Waals surface area contributed by atoms with Gasteiger partial charge in [-0.25, -0.2) is 0 Å². The maximum atomic E-state index is 5.86. The van der Waals surface area contributed by atoms with Crippen LogP contribution in [-0.2, 0) is 14.2 Å². The van der Waals surface area contributed by atoms with Gasteiger partial charge < -0.3 is 24.4 Å². The average Bonchev–Trinajstić information content (AvgIpc) is 3.02. The van der Waals surface area contributed by atoms with Crippen molar-refractivity contribution in [3.05, 3.63) is 0 Å². The van der Waals surface area contributed by atoms with E-state index in [4.69, 9.17) is 14.2 Å². The van der Waals surface area contributed by atoms with Crippen LogP contribution >= 0.6 is 0 Å². The summed E-state index contributed by atoms with van der Waals surface area (Å²) in [5.74, 6) is 0.927. The van der Waals surface area contributed by atoms with Gasteiger partial charge in [-0.3, -0.25) is 4.99 Å². The third-order valence-corrected chi connectivity index (χ3v) is 3.72. The fourth-order valence-electron chi connectivity index (χ4n) is 2.70. The molecule has 0 aromatic rings. The summed E-state index contributed by atoms with van der Waals surface area (Å²) in [6, 6.07) is 0. The summed E-state index contributed by atoms with van der Waals surface area (Å²) in [6.45, 7) is 7.55. The van der Waals surface area contributed by atoms with Crippen molar-refractivity contribution >= 4 is 5.96 Å². The number of morpholine rings is 1. The van der Waals surface area contributed by atoms with Gasteiger partial charge in [0.05, 0.1) is 19.3 Å². The van der Waals surface area contributed by atoms with Gasteiger partial charge in [0.2, 0.25) is 0 Å². The van der Waals surface area contributed by atoms with Gasteiger partial charge in [-0.1, -0.05) is 0 Å². The third-order valence-electron chi connectivity index (χ3n) is 3.72. The standard InChI is InChI=1S/C14H27N3O3/c1-3-18-9-6-16-14(15-2)17-7-10-20-13(11-17)12-5-4-8-19-12/h12-13H,3-11H2,1-2H3,(H,15,16). The van der Waals surface area contributed by atoms with Gasteiger partial charge in [0.25, 0.3) is 0 Å². The molecule has 0 radical (unpaired) electrons. The molecule has 2 rings (SSSR count). The Balaban J connectivity index is 1.79. The van der Waals surface area contributed by atoms with Crippen LogP contribution in [-0.4, -0.2) is 76.2 Å². The van der Waals surface area contributed by atoms with Crippen LogP contribution in [0.2, 0.25) is 0 Å². The second-order valence-electron chi connectivity index (χ2n) is 5.08. The van der Waals surface area contributed by atoms with Crippen LogP contribution in [0.3, 0.4) is 0 Å². The summed E-state index contributed by atoms with van der Waals surface area (Å²) < 4.78 is 16.9. The molecule has 2 saturated heterocycles. The quantitative estimate of drug-likeness (QED) is 0.452. The van der Waals surface area contributed by atoms with Crippen molar-refractivity contribution < 1.29 is 14.2 Å². The van der Waals surface area contributed by atoms with Crippen LogP contribution in [0.5, 0.6) is 0 Å². The number of nitrogens with zero attached hydrogens (tertiary/aromatic N) is 2. The summed E-state index contributed by atoms with van der Waals surface area (Å²) in [7, 11) is 1.82. The Bertz CT molecular complexity index is 306. The number of nitrogens with one attached hydrogen (secondary N) is 1. The Morgan fingerprint density at radius 2 is 2.20 bits per heavy atom. The van der Waals surface area contributed by atoms with Crippen molar-refractivity contribution in [1.82, 2.24) is 10.2 Å². The van der Waals surface area contributed by atoms with Crippen molar-refractivity contribution in [3.8, 4) is 0 Å². The molecule has 20 heavy (non-hydrogen) atoms. The predicted octanol–water partition coefficient (Wildman–Crippen LogP) is 0.478. The molecule has 0 saturated carbocycles. The summed E-state index contributed by atoms with van der Waals surface area (Å²) >= 11 is 0. The molecule has 116 valence electrons. The number of aliphatic imine (C=N–C) groups is 1. The maximum absolute atomic E-state index is 5.86. The van der Waals surface area contributed by atoms with E-state index in [1.165, 1.54) is 0 Å². The van der Waals surface area contributed by atoms with E-state index in [0.29, 0.717) is 6.61 Å². The molecule has 6 nitrogen and oxygen atoms in total. The minimum absolute atomic E-state index is 0.164. The molecule has 2 heterocycles. The highest BCUT2D eigenvalue weighted by Crippen LogP contribution is 2.20. The largest absolute Gasteiger partial charge is 0.380 e. The average molecular weight is 285 g/mol. The molecule has 2 unspecified atom stereocenters. The Hall–Kier alpha value is -0.850. The zero-order chi connectivity index (χ0) is 14.2. The van der Waals surface area contributed by atoms with E-state index in [0.717, 1.165) is 58.3 Å². The number of rotatable bonds is 5. The Labute approximate surface area is 121 Å². The molecule has 0 spiro atoms. The number of hydrogen-bond donors (Lipinski definition) is 1. The van der Waals surface area contributed by atoms with Crippen LogP contribution in [0.4, 0.5) is 0 Å². The Kier molecular flexibility index (Phi) is 6.56. The smallest absolute Gasteiger partial charge is 0.193 e. The van der Waals surface area contributed by atoms with Crippen molar-refractivity contribution in [1.29, 1.82) is 0 Å². The van der Waals surface area contributed by atoms with E-state index in [9.17, 15) is 0 Å². The fraction of sp³-hybridized carbons (Fsp3) is 0.929. The molecule has 0 amide bonds. The number of hydrogen-bond acceptors (Lipinski definition) is 4. The molecule has 2 aliphatic rings. The molecule has 0 bridgehead atoms. The molecular formula is C14H27N3O3. The zero-order valence-corrected chi connectivity index (χ0v) is 12.6. The molecule has 2 fully saturated rings. The minimum atomic E-state index is 0.164. The second-order valence-corrected chi connectivity index (χ2v) is 5.08. The van der Waals surface area contributed by atoms with Crippen LogP contribution in [0.25, 0.3) is 0 Å². The lowest BCUT2D eigenvalue weighted by molar-refractivity contribution is -0.0817. The van der Waals surface area contributed by atoms with Crippen molar-refractivity contribution in [2.24, 2.45) is 4.99 Å². The van der Waals surface area contributed by atoms with Gasteiger partial charge in [0, 0.05) is 39.9 Å². The number of guanidine groups is 1. The van der Waals surface area contributed by atoms with Crippen molar-refractivity contribution in [3.63, 3.8) is 0 Å². The van der Waals surface area contributed by atoms with Gasteiger partial charge in [-0.15, -0.1) is 0 Å². The summed E-state index contributed by atoms with van der Waals surface area (Å²) in [6.07, 6.45) is 2.66. The topological polar surface area (TPSA) is 55.3 Å². The second kappa shape index (κ2) is 8.44. The molecule has 6 heteroatoms. The molecule has 0 aromatic heterocycles. The van der Waals surface area contributed by atoms with Crippen LogP contribution in [0.1, 0.15) is 19.8 Å². The Morgan fingerprint density at radius 3 is 2.90 bits per heavy atom. The van der Waals surface area contributed by atoms with Crippen LogP contribution in [0, 0.1) is 0 Å². The third kappa shape index (κ3) is 4.33. The van der Waals surface area contributed by atoms with Crippen LogP contribution < -0.4 is 5.32 Å². The minimum Gasteiger partial charge on any atom is -0.380 e. The summed E-state index contributed by atoms with van der Waals surface area (Å²) in [4.78, 5) is 6.60. The van der Waals surface area contributed by atoms with Gasteiger partial charge in [-0.2, -0.15) is 0 Å². The zero-order valence-electron chi connectivity index (χ0n) is 12.6. The molecule has 1 N–H and O–H groups in total. The first-order chi connectivity index (χ1) is 9.85. The SMILES string of the molecule is CCOCCNC(=NC)N1CCOC(C2CCCO2)C1. The monoisotopic (exact) mass is 285 g/mol. The van der Waals surface area contributed by atoms with E-state index in [2.05, 4.69) is 15.2 Å². The molecule has 2 aliphatic heterocycles. The highest BCUT2D eigenvalue weighted by Gasteiger charge is 2.32.